The van der Waals surface area contributed by atoms with E-state index in [2.05, 4.69) is 55.6 Å². The van der Waals surface area contributed by atoms with Crippen molar-refractivity contribution < 1.29 is 32.9 Å². The molecule has 0 aromatic carbocycles. The highest BCUT2D eigenvalue weighted by molar-refractivity contribution is 7.45. The Morgan fingerprint density at radius 2 is 0.711 bits per heavy atom. The van der Waals surface area contributed by atoms with Gasteiger partial charge in [0.05, 0.1) is 39.9 Å². The second-order valence-corrected chi connectivity index (χ2v) is 27.7. The summed E-state index contributed by atoms with van der Waals surface area (Å²) in [6, 6.07) is -0.904. The molecule has 83 heavy (non-hydrogen) atoms. The fourth-order valence-corrected chi connectivity index (χ4v) is 11.8. The van der Waals surface area contributed by atoms with Gasteiger partial charge in [-0.25, -0.2) is 0 Å². The lowest BCUT2D eigenvalue weighted by Crippen LogP contribution is -2.45. The van der Waals surface area contributed by atoms with Crippen LogP contribution in [0.1, 0.15) is 367 Å². The summed E-state index contributed by atoms with van der Waals surface area (Å²) in [6.45, 7) is 4.67. The summed E-state index contributed by atoms with van der Waals surface area (Å²) in [4.78, 5) is 25.6. The first-order chi connectivity index (χ1) is 40.5. The molecule has 0 saturated carbocycles. The maximum absolute atomic E-state index is 13.0. The second kappa shape index (κ2) is 64.9. The largest absolute Gasteiger partial charge is 0.756 e. The van der Waals surface area contributed by atoms with Crippen molar-refractivity contribution in [3.8, 4) is 0 Å². The molecule has 0 aliphatic carbocycles. The number of carbonyl (C=O) groups is 1. The Labute approximate surface area is 518 Å². The molecule has 2 N–H and O–H groups in total. The molecule has 0 rings (SSSR count). The Kier molecular flexibility index (Phi) is 63.7. The zero-order valence-corrected chi connectivity index (χ0v) is 57.1. The summed E-state index contributed by atoms with van der Waals surface area (Å²) in [6.07, 6.45) is 88.3. The van der Waals surface area contributed by atoms with Crippen LogP contribution in [0.4, 0.5) is 0 Å². The molecule has 0 bridgehead atoms. The zero-order chi connectivity index (χ0) is 60.5. The van der Waals surface area contributed by atoms with Crippen LogP contribution in [0.15, 0.2) is 48.6 Å². The maximum atomic E-state index is 13.0. The Morgan fingerprint density at radius 1 is 0.422 bits per heavy atom. The summed E-state index contributed by atoms with van der Waals surface area (Å²) in [5.41, 5.74) is 0. The highest BCUT2D eigenvalue weighted by atomic mass is 31.2. The van der Waals surface area contributed by atoms with Gasteiger partial charge < -0.3 is 28.8 Å². The minimum absolute atomic E-state index is 0.00491. The SMILES string of the molecule is CCCCCCC/C=C\C/C=C\CCCCCCCCCCCCCCCCCCCCCCCCCC(=O)NC(COP(=O)([O-])OCC[N+](C)(C)C)C(O)/C=C/CC/C=C/CCCCCCCCCCCCCCCCCCCCCC. The monoisotopic (exact) mass is 1190 g/mol. The van der Waals surface area contributed by atoms with E-state index in [9.17, 15) is 19.4 Å². The predicted octanol–water partition coefficient (Wildman–Crippen LogP) is 22.8. The van der Waals surface area contributed by atoms with Gasteiger partial charge in [-0.1, -0.05) is 345 Å². The van der Waals surface area contributed by atoms with Crippen molar-refractivity contribution in [1.82, 2.24) is 5.32 Å². The van der Waals surface area contributed by atoms with Crippen LogP contribution in [-0.2, 0) is 18.4 Å². The van der Waals surface area contributed by atoms with Crippen LogP contribution < -0.4 is 10.2 Å². The minimum atomic E-state index is -4.61. The van der Waals surface area contributed by atoms with Crippen molar-refractivity contribution in [2.45, 2.75) is 379 Å². The lowest BCUT2D eigenvalue weighted by atomic mass is 10.0. The molecule has 0 radical (unpaired) electrons. The first kappa shape index (κ1) is 81.5. The number of phosphoric ester groups is 1. The lowest BCUT2D eigenvalue weighted by Gasteiger charge is -2.29. The van der Waals surface area contributed by atoms with Gasteiger partial charge in [0.2, 0.25) is 5.91 Å². The van der Waals surface area contributed by atoms with Crippen LogP contribution in [0.3, 0.4) is 0 Å². The second-order valence-electron chi connectivity index (χ2n) is 26.3. The van der Waals surface area contributed by atoms with Gasteiger partial charge >= 0.3 is 0 Å². The Balaban J connectivity index is 4.02. The third-order valence-electron chi connectivity index (χ3n) is 16.8. The van der Waals surface area contributed by atoms with Crippen molar-refractivity contribution in [3.05, 3.63) is 48.6 Å². The van der Waals surface area contributed by atoms with Gasteiger partial charge in [0.1, 0.15) is 13.2 Å². The topological polar surface area (TPSA) is 108 Å². The number of phosphoric acid groups is 1. The number of likely N-dealkylation sites (N-methyl/N-ethyl adjacent to an activating group) is 1. The average molecular weight is 1190 g/mol. The third-order valence-corrected chi connectivity index (χ3v) is 17.7. The molecule has 0 aromatic heterocycles. The first-order valence-corrected chi connectivity index (χ1v) is 38.0. The summed E-state index contributed by atoms with van der Waals surface area (Å²) in [5.74, 6) is -0.200. The molecule has 0 fully saturated rings. The van der Waals surface area contributed by atoms with Gasteiger partial charge in [-0.3, -0.25) is 9.36 Å². The van der Waals surface area contributed by atoms with Gasteiger partial charge in [-0.15, -0.1) is 0 Å². The van der Waals surface area contributed by atoms with Gasteiger partial charge in [-0.05, 0) is 64.2 Å². The van der Waals surface area contributed by atoms with E-state index in [1.54, 1.807) is 6.08 Å². The van der Waals surface area contributed by atoms with E-state index in [-0.39, 0.29) is 19.1 Å². The highest BCUT2D eigenvalue weighted by Crippen LogP contribution is 2.38. The number of nitrogens with zero attached hydrogens (tertiary/aromatic N) is 1. The average Bonchev–Trinajstić information content (AvgIpc) is 3.49. The van der Waals surface area contributed by atoms with Gasteiger partial charge in [-0.2, -0.15) is 0 Å². The number of nitrogens with one attached hydrogen (secondary N) is 1. The molecule has 9 heteroatoms. The molecule has 0 heterocycles. The molecule has 0 aliphatic rings. The highest BCUT2D eigenvalue weighted by Gasteiger charge is 2.23. The number of aliphatic hydroxyl groups is 1. The van der Waals surface area contributed by atoms with Gasteiger partial charge in [0.25, 0.3) is 7.82 Å². The van der Waals surface area contributed by atoms with Crippen molar-refractivity contribution in [3.63, 3.8) is 0 Å². The molecule has 0 aliphatic heterocycles. The Bertz CT molecular complexity index is 1490. The van der Waals surface area contributed by atoms with Crippen molar-refractivity contribution >= 4 is 13.7 Å². The molecule has 0 aromatic rings. The van der Waals surface area contributed by atoms with Crippen LogP contribution >= 0.6 is 7.82 Å². The molecule has 1 amide bonds. The fourth-order valence-electron chi connectivity index (χ4n) is 11.1. The summed E-state index contributed by atoms with van der Waals surface area (Å²) in [7, 11) is 1.26. The number of aliphatic hydroxyl groups excluding tert-OH is 1. The van der Waals surface area contributed by atoms with Crippen LogP contribution in [0.5, 0.6) is 0 Å². The number of hydrogen-bond acceptors (Lipinski definition) is 6. The molecule has 0 saturated heterocycles. The minimum Gasteiger partial charge on any atom is -0.756 e. The zero-order valence-electron chi connectivity index (χ0n) is 56.2. The van der Waals surface area contributed by atoms with E-state index < -0.39 is 20.0 Å². The molecule has 490 valence electrons. The summed E-state index contributed by atoms with van der Waals surface area (Å²) in [5, 5.41) is 14.0. The number of quaternary nitrogens is 1. The van der Waals surface area contributed by atoms with Gasteiger partial charge in [0.15, 0.2) is 0 Å². The molecular weight excluding hydrogens is 1040 g/mol. The van der Waals surface area contributed by atoms with Crippen molar-refractivity contribution in [2.75, 3.05) is 40.9 Å². The van der Waals surface area contributed by atoms with E-state index >= 15 is 0 Å². The van der Waals surface area contributed by atoms with E-state index in [0.717, 1.165) is 44.9 Å². The standard InChI is InChI=1S/C74H143N2O6P/c1-6-8-10-12-14-16-18-20-22-24-26-28-30-32-34-35-36-37-38-39-40-41-42-44-46-48-50-52-54-56-58-60-62-64-66-68-74(78)75-72(71-82-83(79,80)81-70-69-76(3,4)5)73(77)67-65-63-61-59-57-55-53-51-49-47-45-43-33-31-29-27-25-23-21-19-17-15-13-11-9-7-2/h18,20,24,26,57,59,65,67,72-73,77H,6-17,19,21-23,25,27-56,58,60-64,66,68-71H2,1-5H3,(H-,75,78,79,80)/b20-18-,26-24-,59-57+,67-65+. The first-order valence-electron chi connectivity index (χ1n) is 36.5. The molecule has 8 nitrogen and oxygen atoms in total. The Morgan fingerprint density at radius 3 is 1.05 bits per heavy atom. The molecule has 3 atom stereocenters. The molecule has 0 spiro atoms. The maximum Gasteiger partial charge on any atom is 0.268 e. The van der Waals surface area contributed by atoms with E-state index in [1.165, 1.54) is 302 Å². The predicted molar refractivity (Wildman–Crippen MR) is 362 cm³/mol. The lowest BCUT2D eigenvalue weighted by molar-refractivity contribution is -0.870. The van der Waals surface area contributed by atoms with Crippen LogP contribution in [0, 0.1) is 0 Å². The molecular formula is C74H143N2O6P. The summed E-state index contributed by atoms with van der Waals surface area (Å²) < 4.78 is 23.5. The fraction of sp³-hybridized carbons (Fsp3) is 0.878. The van der Waals surface area contributed by atoms with Crippen LogP contribution in [-0.4, -0.2) is 68.5 Å². The summed E-state index contributed by atoms with van der Waals surface area (Å²) >= 11 is 0. The number of amides is 1. The molecule has 3 unspecified atom stereocenters. The number of rotatable bonds is 68. The quantitative estimate of drug-likeness (QED) is 0.0272. The Hall–Kier alpha value is -1.54. The van der Waals surface area contributed by atoms with Crippen molar-refractivity contribution in [1.29, 1.82) is 0 Å². The number of carbonyl (C=O) groups excluding carboxylic acids is 1. The van der Waals surface area contributed by atoms with E-state index in [0.29, 0.717) is 17.4 Å². The van der Waals surface area contributed by atoms with E-state index in [4.69, 9.17) is 9.05 Å². The number of unbranched alkanes of at least 4 members (excludes halogenated alkanes) is 49. The van der Waals surface area contributed by atoms with Crippen molar-refractivity contribution in [2.24, 2.45) is 0 Å². The number of hydrogen-bond donors (Lipinski definition) is 2. The smallest absolute Gasteiger partial charge is 0.268 e. The van der Waals surface area contributed by atoms with Gasteiger partial charge in [0, 0.05) is 6.42 Å². The van der Waals surface area contributed by atoms with E-state index in [1.807, 2.05) is 27.2 Å². The number of allylic oxidation sites excluding steroid dienone is 7. The third kappa shape index (κ3) is 67.8. The van der Waals surface area contributed by atoms with Crippen LogP contribution in [0.25, 0.3) is 0 Å². The normalized spacial score (nSPS) is 13.9. The van der Waals surface area contributed by atoms with Crippen LogP contribution in [0.2, 0.25) is 0 Å².